The summed E-state index contributed by atoms with van der Waals surface area (Å²) in [5, 5.41) is 0.335. The van der Waals surface area contributed by atoms with Crippen molar-refractivity contribution in [3.63, 3.8) is 0 Å². The predicted molar refractivity (Wildman–Crippen MR) is 75.9 cm³/mol. The van der Waals surface area contributed by atoms with Crippen molar-refractivity contribution in [1.82, 2.24) is 14.9 Å². The Balaban J connectivity index is 2.79. The van der Waals surface area contributed by atoms with E-state index in [1.807, 2.05) is 13.8 Å². The van der Waals surface area contributed by atoms with E-state index in [1.54, 1.807) is 16.8 Å². The second-order valence-corrected chi connectivity index (χ2v) is 4.88. The van der Waals surface area contributed by atoms with Crippen molar-refractivity contribution in [3.05, 3.63) is 16.0 Å². The predicted octanol–water partition coefficient (Wildman–Crippen LogP) is 2.20. The monoisotopic (exact) mass is 334 g/mol. The highest BCUT2D eigenvalue weighted by molar-refractivity contribution is 9.10. The van der Waals surface area contributed by atoms with E-state index in [0.29, 0.717) is 28.5 Å². The number of nitrogens with zero attached hydrogens (tertiary/aromatic N) is 4. The van der Waals surface area contributed by atoms with Crippen LogP contribution < -0.4 is 4.90 Å². The molecule has 1 amide bonds. The van der Waals surface area contributed by atoms with Crippen molar-refractivity contribution in [2.24, 2.45) is 0 Å². The van der Waals surface area contributed by atoms with E-state index in [1.165, 1.54) is 6.33 Å². The fourth-order valence-corrected chi connectivity index (χ4v) is 2.20. The summed E-state index contributed by atoms with van der Waals surface area (Å²) < 4.78 is 0.599. The molecule has 0 aliphatic carbocycles. The van der Waals surface area contributed by atoms with Crippen LogP contribution in [0.5, 0.6) is 0 Å². The normalized spacial score (nSPS) is 10.3. The van der Waals surface area contributed by atoms with E-state index in [9.17, 15) is 4.79 Å². The molecule has 0 saturated carbocycles. The minimum absolute atomic E-state index is 0.0594. The smallest absolute Gasteiger partial charge is 0.242 e. The molecule has 0 bridgehead atoms. The molecule has 5 nitrogen and oxygen atoms in total. The van der Waals surface area contributed by atoms with Crippen LogP contribution in [0.1, 0.15) is 13.8 Å². The first-order valence-corrected chi connectivity index (χ1v) is 6.83. The van der Waals surface area contributed by atoms with Crippen LogP contribution in [0.25, 0.3) is 0 Å². The molecule has 0 spiro atoms. The number of likely N-dealkylation sites (N-methyl/N-ethyl adjacent to an activating group) is 2. The molecule has 0 aliphatic heterocycles. The maximum absolute atomic E-state index is 12.0. The van der Waals surface area contributed by atoms with Gasteiger partial charge in [0.1, 0.15) is 17.3 Å². The summed E-state index contributed by atoms with van der Waals surface area (Å²) in [6.45, 7) is 5.58. The van der Waals surface area contributed by atoms with Gasteiger partial charge < -0.3 is 9.80 Å². The van der Waals surface area contributed by atoms with Crippen molar-refractivity contribution in [3.8, 4) is 0 Å². The van der Waals surface area contributed by atoms with Crippen molar-refractivity contribution in [1.29, 1.82) is 0 Å². The van der Waals surface area contributed by atoms with Gasteiger partial charge in [-0.05, 0) is 29.8 Å². The molecule has 7 heteroatoms. The van der Waals surface area contributed by atoms with E-state index >= 15 is 0 Å². The van der Waals surface area contributed by atoms with Crippen molar-refractivity contribution in [2.75, 3.05) is 31.6 Å². The van der Waals surface area contributed by atoms with Crippen LogP contribution in [0.15, 0.2) is 10.8 Å². The summed E-state index contributed by atoms with van der Waals surface area (Å²) in [7, 11) is 1.80. The molecule has 1 aromatic heterocycles. The lowest BCUT2D eigenvalue weighted by Crippen LogP contribution is -2.39. The van der Waals surface area contributed by atoms with E-state index in [0.717, 1.165) is 0 Å². The van der Waals surface area contributed by atoms with Gasteiger partial charge in [-0.25, -0.2) is 9.97 Å². The van der Waals surface area contributed by atoms with Crippen LogP contribution in [0.4, 0.5) is 5.82 Å². The van der Waals surface area contributed by atoms with Crippen LogP contribution in [0.3, 0.4) is 0 Å². The quantitative estimate of drug-likeness (QED) is 0.774. The van der Waals surface area contributed by atoms with Crippen LogP contribution in [-0.2, 0) is 4.79 Å². The number of carbonyl (C=O) groups excluding carboxylic acids is 1. The molecule has 0 radical (unpaired) electrons. The van der Waals surface area contributed by atoms with Crippen LogP contribution in [0.2, 0.25) is 5.15 Å². The maximum atomic E-state index is 12.0. The Morgan fingerprint density at radius 3 is 2.56 bits per heavy atom. The third-order valence-corrected chi connectivity index (χ3v) is 3.82. The number of hydrogen-bond acceptors (Lipinski definition) is 4. The first kappa shape index (κ1) is 15.2. The average Bonchev–Trinajstić information content (AvgIpc) is 2.34. The first-order valence-electron chi connectivity index (χ1n) is 5.66. The van der Waals surface area contributed by atoms with Gasteiger partial charge in [0.05, 0.1) is 11.0 Å². The fraction of sp³-hybridized carbons (Fsp3) is 0.545. The molecule has 0 aromatic carbocycles. The largest absolute Gasteiger partial charge is 0.349 e. The van der Waals surface area contributed by atoms with E-state index in [2.05, 4.69) is 25.9 Å². The van der Waals surface area contributed by atoms with Crippen molar-refractivity contribution < 1.29 is 4.79 Å². The number of halogens is 2. The standard InChI is InChI=1S/C11H16BrClN4O/c1-4-17(5-2)8(18)6-16(3)11-9(12)10(13)14-7-15-11/h7H,4-6H2,1-3H3. The third kappa shape index (κ3) is 3.55. The molecule has 0 unspecified atom stereocenters. The Hall–Kier alpha value is -0.880. The number of aromatic nitrogens is 2. The maximum Gasteiger partial charge on any atom is 0.242 e. The van der Waals surface area contributed by atoms with Gasteiger partial charge in [-0.15, -0.1) is 0 Å². The number of amides is 1. The van der Waals surface area contributed by atoms with Crippen molar-refractivity contribution in [2.45, 2.75) is 13.8 Å². The van der Waals surface area contributed by atoms with Gasteiger partial charge in [-0.2, -0.15) is 0 Å². The molecule has 0 atom stereocenters. The molecular weight excluding hydrogens is 320 g/mol. The number of anilines is 1. The zero-order chi connectivity index (χ0) is 13.7. The molecule has 1 rings (SSSR count). The van der Waals surface area contributed by atoms with E-state index in [4.69, 9.17) is 11.6 Å². The lowest BCUT2D eigenvalue weighted by Gasteiger charge is -2.24. The second-order valence-electron chi connectivity index (χ2n) is 3.72. The molecule has 0 fully saturated rings. The lowest BCUT2D eigenvalue weighted by molar-refractivity contribution is -0.129. The zero-order valence-corrected chi connectivity index (χ0v) is 13.0. The average molecular weight is 336 g/mol. The molecule has 0 aliphatic rings. The van der Waals surface area contributed by atoms with Gasteiger partial charge in [0.15, 0.2) is 0 Å². The SMILES string of the molecule is CCN(CC)C(=O)CN(C)c1ncnc(Cl)c1Br. The highest BCUT2D eigenvalue weighted by atomic mass is 79.9. The van der Waals surface area contributed by atoms with Gasteiger partial charge in [0.2, 0.25) is 5.91 Å². The van der Waals surface area contributed by atoms with Gasteiger partial charge in [0.25, 0.3) is 0 Å². The Kier molecular flexibility index (Phi) is 5.81. The summed E-state index contributed by atoms with van der Waals surface area (Å²) in [6, 6.07) is 0. The van der Waals surface area contributed by atoms with Gasteiger partial charge in [-0.1, -0.05) is 11.6 Å². The molecule has 1 heterocycles. The number of carbonyl (C=O) groups is 1. The minimum atomic E-state index is 0.0594. The highest BCUT2D eigenvalue weighted by Gasteiger charge is 2.16. The molecular formula is C11H16BrClN4O. The molecule has 0 saturated heterocycles. The lowest BCUT2D eigenvalue weighted by atomic mass is 10.4. The second kappa shape index (κ2) is 6.89. The fourth-order valence-electron chi connectivity index (χ4n) is 1.56. The Labute approximate surface area is 120 Å². The zero-order valence-electron chi connectivity index (χ0n) is 10.7. The van der Waals surface area contributed by atoms with E-state index in [-0.39, 0.29) is 12.5 Å². The summed E-state index contributed by atoms with van der Waals surface area (Å²) in [5.74, 6) is 0.666. The van der Waals surface area contributed by atoms with Crippen LogP contribution >= 0.6 is 27.5 Å². The Morgan fingerprint density at radius 1 is 1.39 bits per heavy atom. The van der Waals surface area contributed by atoms with Gasteiger partial charge >= 0.3 is 0 Å². The molecule has 1 aromatic rings. The summed E-state index contributed by atoms with van der Waals surface area (Å²) in [4.78, 5) is 23.5. The van der Waals surface area contributed by atoms with Crippen LogP contribution in [0, 0.1) is 0 Å². The highest BCUT2D eigenvalue weighted by Crippen LogP contribution is 2.28. The van der Waals surface area contributed by atoms with Crippen LogP contribution in [-0.4, -0.2) is 47.5 Å². The first-order chi connectivity index (χ1) is 8.51. The third-order valence-electron chi connectivity index (χ3n) is 2.58. The Morgan fingerprint density at radius 2 is 2.00 bits per heavy atom. The van der Waals surface area contributed by atoms with Gasteiger partial charge in [-0.3, -0.25) is 4.79 Å². The molecule has 18 heavy (non-hydrogen) atoms. The summed E-state index contributed by atoms with van der Waals surface area (Å²) >= 11 is 9.21. The number of hydrogen-bond donors (Lipinski definition) is 0. The summed E-state index contributed by atoms with van der Waals surface area (Å²) in [6.07, 6.45) is 1.38. The van der Waals surface area contributed by atoms with Gasteiger partial charge in [0, 0.05) is 20.1 Å². The molecule has 0 N–H and O–H groups in total. The minimum Gasteiger partial charge on any atom is -0.349 e. The number of rotatable bonds is 5. The van der Waals surface area contributed by atoms with Crippen molar-refractivity contribution >= 4 is 39.3 Å². The van der Waals surface area contributed by atoms with E-state index < -0.39 is 0 Å². The topological polar surface area (TPSA) is 49.3 Å². The molecule has 100 valence electrons. The Bertz CT molecular complexity index is 426. The summed E-state index contributed by atoms with van der Waals surface area (Å²) in [5.41, 5.74) is 0.